The van der Waals surface area contributed by atoms with Crippen molar-refractivity contribution in [1.82, 2.24) is 0 Å². The van der Waals surface area contributed by atoms with Gasteiger partial charge in [-0.2, -0.15) is 0 Å². The van der Waals surface area contributed by atoms with Crippen LogP contribution in [-0.2, 0) is 19.4 Å². The molecule has 0 amide bonds. The average Bonchev–Trinajstić information content (AvgIpc) is 2.55. The first kappa shape index (κ1) is 17.6. The van der Waals surface area contributed by atoms with E-state index in [4.69, 9.17) is 5.73 Å². The molecule has 0 saturated carbocycles. The number of aliphatic imine (C=N–C) groups is 1. The van der Waals surface area contributed by atoms with Crippen LogP contribution in [0.15, 0.2) is 47.5 Å². The maximum absolute atomic E-state index is 10.1. The van der Waals surface area contributed by atoms with E-state index in [1.165, 1.54) is 24.0 Å². The van der Waals surface area contributed by atoms with Gasteiger partial charge in [0.05, 0.1) is 6.54 Å². The molecule has 23 heavy (non-hydrogen) atoms. The summed E-state index contributed by atoms with van der Waals surface area (Å²) in [6.07, 6.45) is 4.49. The van der Waals surface area contributed by atoms with Gasteiger partial charge in [-0.15, -0.1) is 24.0 Å². The lowest BCUT2D eigenvalue weighted by Gasteiger charge is -2.19. The molecule has 3 rings (SSSR count). The predicted octanol–water partition coefficient (Wildman–Crippen LogP) is 3.82. The number of nitrogens with zero attached hydrogens (tertiary/aromatic N) is 1. The summed E-state index contributed by atoms with van der Waals surface area (Å²) in [4.78, 5) is 4.38. The number of guanidine groups is 1. The smallest absolute Gasteiger partial charge is 0.193 e. The summed E-state index contributed by atoms with van der Waals surface area (Å²) in [5, 5.41) is 13.2. The molecule has 122 valence electrons. The van der Waals surface area contributed by atoms with Crippen molar-refractivity contribution >= 4 is 35.6 Å². The zero-order chi connectivity index (χ0) is 15.4. The molecule has 0 aliphatic heterocycles. The van der Waals surface area contributed by atoms with E-state index >= 15 is 0 Å². The van der Waals surface area contributed by atoms with E-state index in [1.54, 1.807) is 6.07 Å². The molecular formula is C18H22IN3O. The number of hydrogen-bond donors (Lipinski definition) is 3. The molecule has 0 fully saturated rings. The Morgan fingerprint density at radius 3 is 2.61 bits per heavy atom. The SMILES string of the molecule is I.NC(=NCc1c(O)ccc2c1CCCC2)Nc1ccccc1. The minimum absolute atomic E-state index is 0. The van der Waals surface area contributed by atoms with E-state index in [-0.39, 0.29) is 24.0 Å². The van der Waals surface area contributed by atoms with Gasteiger partial charge in [-0.25, -0.2) is 4.99 Å². The van der Waals surface area contributed by atoms with Crippen LogP contribution >= 0.6 is 24.0 Å². The Balaban J connectivity index is 0.00000192. The average molecular weight is 423 g/mol. The number of phenolic OH excluding ortho intramolecular Hbond substituents is 1. The third-order valence-electron chi connectivity index (χ3n) is 4.08. The van der Waals surface area contributed by atoms with Gasteiger partial charge in [0.1, 0.15) is 5.75 Å². The van der Waals surface area contributed by atoms with E-state index in [0.29, 0.717) is 18.3 Å². The number of aromatic hydroxyl groups is 1. The maximum atomic E-state index is 10.1. The van der Waals surface area contributed by atoms with E-state index in [9.17, 15) is 5.11 Å². The fraction of sp³-hybridized carbons (Fsp3) is 0.278. The van der Waals surface area contributed by atoms with Crippen molar-refractivity contribution in [2.24, 2.45) is 10.7 Å². The highest BCUT2D eigenvalue weighted by molar-refractivity contribution is 14.0. The molecular weight excluding hydrogens is 401 g/mol. The van der Waals surface area contributed by atoms with Crippen molar-refractivity contribution in [2.45, 2.75) is 32.2 Å². The Hall–Kier alpha value is -1.76. The molecule has 0 atom stereocenters. The van der Waals surface area contributed by atoms with Gasteiger partial charge in [0.2, 0.25) is 0 Å². The molecule has 0 heterocycles. The summed E-state index contributed by atoms with van der Waals surface area (Å²) in [6, 6.07) is 13.5. The Morgan fingerprint density at radius 2 is 1.83 bits per heavy atom. The van der Waals surface area contributed by atoms with Crippen LogP contribution in [0.4, 0.5) is 5.69 Å². The van der Waals surface area contributed by atoms with Crippen molar-refractivity contribution < 1.29 is 5.11 Å². The van der Waals surface area contributed by atoms with Crippen LogP contribution in [0.5, 0.6) is 5.75 Å². The summed E-state index contributed by atoms with van der Waals surface area (Å²) in [5.41, 5.74) is 10.3. The van der Waals surface area contributed by atoms with Gasteiger partial charge < -0.3 is 16.2 Å². The van der Waals surface area contributed by atoms with Crippen molar-refractivity contribution in [3.8, 4) is 5.75 Å². The first-order valence-electron chi connectivity index (χ1n) is 7.68. The Morgan fingerprint density at radius 1 is 1.09 bits per heavy atom. The third kappa shape index (κ3) is 4.37. The van der Waals surface area contributed by atoms with E-state index in [1.807, 2.05) is 36.4 Å². The van der Waals surface area contributed by atoms with Crippen LogP contribution < -0.4 is 11.1 Å². The normalized spacial score (nSPS) is 13.8. The van der Waals surface area contributed by atoms with Crippen LogP contribution in [0.2, 0.25) is 0 Å². The molecule has 0 unspecified atom stereocenters. The van der Waals surface area contributed by atoms with Gasteiger partial charge in [0.15, 0.2) is 5.96 Å². The van der Waals surface area contributed by atoms with Crippen LogP contribution in [0.3, 0.4) is 0 Å². The van der Waals surface area contributed by atoms with Crippen LogP contribution in [-0.4, -0.2) is 11.1 Å². The first-order valence-corrected chi connectivity index (χ1v) is 7.68. The molecule has 4 N–H and O–H groups in total. The molecule has 4 nitrogen and oxygen atoms in total. The van der Waals surface area contributed by atoms with Crippen molar-refractivity contribution in [3.63, 3.8) is 0 Å². The standard InChI is InChI=1S/C18H21N3O.HI/c19-18(21-14-7-2-1-3-8-14)20-12-16-15-9-5-4-6-13(15)10-11-17(16)22;/h1-3,7-8,10-11,22H,4-6,9,12H2,(H3,19,20,21);1H. The van der Waals surface area contributed by atoms with Crippen LogP contribution in [0.1, 0.15) is 29.5 Å². The zero-order valence-electron chi connectivity index (χ0n) is 13.0. The highest BCUT2D eigenvalue weighted by Crippen LogP contribution is 2.31. The Labute approximate surface area is 153 Å². The summed E-state index contributed by atoms with van der Waals surface area (Å²) in [5.74, 6) is 0.677. The number of anilines is 1. The topological polar surface area (TPSA) is 70.6 Å². The van der Waals surface area contributed by atoms with Gasteiger partial charge in [0, 0.05) is 11.3 Å². The molecule has 1 aliphatic carbocycles. The molecule has 2 aromatic rings. The maximum Gasteiger partial charge on any atom is 0.193 e. The fourth-order valence-electron chi connectivity index (χ4n) is 2.94. The van der Waals surface area contributed by atoms with E-state index < -0.39 is 0 Å². The first-order chi connectivity index (χ1) is 10.7. The van der Waals surface area contributed by atoms with Crippen LogP contribution in [0.25, 0.3) is 0 Å². The molecule has 1 aliphatic rings. The molecule has 0 bridgehead atoms. The molecule has 2 aromatic carbocycles. The van der Waals surface area contributed by atoms with Crippen molar-refractivity contribution in [3.05, 3.63) is 59.2 Å². The van der Waals surface area contributed by atoms with Crippen LogP contribution in [0, 0.1) is 0 Å². The number of rotatable bonds is 3. The minimum atomic E-state index is 0. The highest BCUT2D eigenvalue weighted by Gasteiger charge is 2.16. The molecule has 5 heteroatoms. The number of phenols is 1. The summed E-state index contributed by atoms with van der Waals surface area (Å²) < 4.78 is 0. The molecule has 0 aromatic heterocycles. The zero-order valence-corrected chi connectivity index (χ0v) is 15.3. The number of fused-ring (bicyclic) bond motifs is 1. The second-order valence-electron chi connectivity index (χ2n) is 5.60. The second kappa shape index (κ2) is 8.19. The monoisotopic (exact) mass is 423 g/mol. The fourth-order valence-corrected chi connectivity index (χ4v) is 2.94. The number of para-hydroxylation sites is 1. The Bertz CT molecular complexity index is 686. The van der Waals surface area contributed by atoms with Crippen molar-refractivity contribution in [1.29, 1.82) is 0 Å². The van der Waals surface area contributed by atoms with E-state index in [2.05, 4.69) is 10.3 Å². The van der Waals surface area contributed by atoms with Gasteiger partial charge in [-0.05, 0) is 55.0 Å². The van der Waals surface area contributed by atoms with Gasteiger partial charge in [-0.1, -0.05) is 24.3 Å². The van der Waals surface area contributed by atoms with Gasteiger partial charge in [-0.3, -0.25) is 0 Å². The summed E-state index contributed by atoms with van der Waals surface area (Å²) in [7, 11) is 0. The number of halogens is 1. The largest absolute Gasteiger partial charge is 0.508 e. The predicted molar refractivity (Wildman–Crippen MR) is 106 cm³/mol. The number of nitrogens with one attached hydrogen (secondary N) is 1. The highest BCUT2D eigenvalue weighted by atomic mass is 127. The molecule has 0 saturated heterocycles. The van der Waals surface area contributed by atoms with Gasteiger partial charge >= 0.3 is 0 Å². The molecule has 0 spiro atoms. The third-order valence-corrected chi connectivity index (χ3v) is 4.08. The van der Waals surface area contributed by atoms with E-state index in [0.717, 1.165) is 24.1 Å². The second-order valence-corrected chi connectivity index (χ2v) is 5.60. The van der Waals surface area contributed by atoms with Gasteiger partial charge in [0.25, 0.3) is 0 Å². The summed E-state index contributed by atoms with van der Waals surface area (Å²) >= 11 is 0. The number of hydrogen-bond acceptors (Lipinski definition) is 2. The number of benzene rings is 2. The van der Waals surface area contributed by atoms with Crippen molar-refractivity contribution in [2.75, 3.05) is 5.32 Å². The lowest BCUT2D eigenvalue weighted by Crippen LogP contribution is -2.22. The number of aryl methyl sites for hydroxylation is 1. The minimum Gasteiger partial charge on any atom is -0.508 e. The quantitative estimate of drug-likeness (QED) is 0.400. The number of nitrogens with two attached hydrogens (primary N) is 1. The summed E-state index contributed by atoms with van der Waals surface area (Å²) in [6.45, 7) is 0.403. The Kier molecular flexibility index (Phi) is 6.27. The lowest BCUT2D eigenvalue weighted by atomic mass is 9.88. The molecule has 0 radical (unpaired) electrons. The lowest BCUT2D eigenvalue weighted by molar-refractivity contribution is 0.465.